The van der Waals surface area contributed by atoms with Gasteiger partial charge >= 0.3 is 0 Å². The number of alkyl halides is 1. The molecule has 1 aliphatic carbocycles. The van der Waals surface area contributed by atoms with Crippen LogP contribution in [0.15, 0.2) is 46.4 Å². The summed E-state index contributed by atoms with van der Waals surface area (Å²) in [6, 6.07) is 0. The lowest BCUT2D eigenvalue weighted by Gasteiger charge is -2.09. The van der Waals surface area contributed by atoms with E-state index in [1.807, 2.05) is 11.8 Å². The summed E-state index contributed by atoms with van der Waals surface area (Å²) in [5.41, 5.74) is 2.86. The van der Waals surface area contributed by atoms with E-state index in [-0.39, 0.29) is 0 Å². The van der Waals surface area contributed by atoms with Crippen LogP contribution in [0, 0.1) is 0 Å². The second-order valence-corrected chi connectivity index (χ2v) is 5.42. The molecule has 0 saturated heterocycles. The van der Waals surface area contributed by atoms with E-state index in [9.17, 15) is 0 Å². The van der Waals surface area contributed by atoms with E-state index in [1.165, 1.54) is 28.9 Å². The maximum absolute atomic E-state index is 3.52. The number of halogens is 1. The lowest BCUT2D eigenvalue weighted by Crippen LogP contribution is -1.92. The van der Waals surface area contributed by atoms with E-state index >= 15 is 0 Å². The van der Waals surface area contributed by atoms with Gasteiger partial charge in [-0.1, -0.05) is 51.9 Å². The van der Waals surface area contributed by atoms with Gasteiger partial charge in [0.2, 0.25) is 0 Å². The van der Waals surface area contributed by atoms with Crippen molar-refractivity contribution in [1.82, 2.24) is 0 Å². The molecular weight excluding hydrogens is 280 g/mol. The minimum absolute atomic E-state index is 0.960. The Morgan fingerprint density at radius 1 is 1.50 bits per heavy atom. The third kappa shape index (κ3) is 4.75. The average molecular weight is 299 g/mol. The number of hydrogen-bond donors (Lipinski definition) is 0. The Bertz CT molecular complexity index is 335. The minimum atomic E-state index is 0.960. The summed E-state index contributed by atoms with van der Waals surface area (Å²) in [5, 5.41) is 0.960. The van der Waals surface area contributed by atoms with Crippen molar-refractivity contribution in [1.29, 1.82) is 0 Å². The molecule has 0 saturated carbocycles. The van der Waals surface area contributed by atoms with E-state index < -0.39 is 0 Å². The molecule has 0 bridgehead atoms. The lowest BCUT2D eigenvalue weighted by molar-refractivity contribution is 1.03. The van der Waals surface area contributed by atoms with Crippen LogP contribution in [-0.4, -0.2) is 11.1 Å². The van der Waals surface area contributed by atoms with Gasteiger partial charge in [0, 0.05) is 16.0 Å². The van der Waals surface area contributed by atoms with Gasteiger partial charge in [0.1, 0.15) is 0 Å². The maximum atomic E-state index is 3.52. The summed E-state index contributed by atoms with van der Waals surface area (Å²) in [7, 11) is 0. The second kappa shape index (κ2) is 7.97. The van der Waals surface area contributed by atoms with Crippen LogP contribution < -0.4 is 0 Å². The van der Waals surface area contributed by atoms with E-state index in [2.05, 4.69) is 60.2 Å². The van der Waals surface area contributed by atoms with E-state index in [0.29, 0.717) is 0 Å². The largest absolute Gasteiger partial charge is 0.122 e. The molecule has 0 heterocycles. The SMILES string of the molecule is C/C=C\C(CSC1=CCCC=C1)=C(/C)CBr. The third-order valence-electron chi connectivity index (χ3n) is 2.47. The van der Waals surface area contributed by atoms with Crippen LogP contribution in [0.4, 0.5) is 0 Å². The fourth-order valence-corrected chi connectivity index (χ4v) is 2.91. The Morgan fingerprint density at radius 2 is 2.31 bits per heavy atom. The highest BCUT2D eigenvalue weighted by atomic mass is 79.9. The molecule has 0 nitrogen and oxygen atoms in total. The van der Waals surface area contributed by atoms with Crippen LogP contribution in [0.5, 0.6) is 0 Å². The van der Waals surface area contributed by atoms with Crippen molar-refractivity contribution < 1.29 is 0 Å². The van der Waals surface area contributed by atoms with Crippen molar-refractivity contribution in [3.05, 3.63) is 46.4 Å². The van der Waals surface area contributed by atoms with Gasteiger partial charge < -0.3 is 0 Å². The Labute approximate surface area is 112 Å². The van der Waals surface area contributed by atoms with Gasteiger partial charge in [0.25, 0.3) is 0 Å². The quantitative estimate of drug-likeness (QED) is 0.494. The highest BCUT2D eigenvalue weighted by molar-refractivity contribution is 9.09. The molecule has 0 N–H and O–H groups in total. The molecule has 1 rings (SSSR count). The third-order valence-corrected chi connectivity index (χ3v) is 4.40. The molecule has 0 aromatic heterocycles. The molecule has 0 atom stereocenters. The summed E-state index contributed by atoms with van der Waals surface area (Å²) in [6.07, 6.45) is 13.6. The summed E-state index contributed by atoms with van der Waals surface area (Å²) >= 11 is 5.46. The molecule has 0 radical (unpaired) electrons. The molecule has 16 heavy (non-hydrogen) atoms. The van der Waals surface area contributed by atoms with Gasteiger partial charge in [-0.2, -0.15) is 0 Å². The van der Waals surface area contributed by atoms with Crippen LogP contribution in [-0.2, 0) is 0 Å². The van der Waals surface area contributed by atoms with Crippen molar-refractivity contribution in [2.45, 2.75) is 26.7 Å². The normalized spacial score (nSPS) is 17.6. The van der Waals surface area contributed by atoms with Gasteiger partial charge in [-0.25, -0.2) is 0 Å². The van der Waals surface area contributed by atoms with Crippen molar-refractivity contribution in [2.75, 3.05) is 11.1 Å². The standard InChI is InChI=1S/C14H19BrS/c1-3-7-13(12(2)10-15)11-16-14-8-5-4-6-9-14/h3,5,7-9H,4,6,10-11H2,1-2H3/b7-3-,13-12-. The van der Waals surface area contributed by atoms with Crippen molar-refractivity contribution in [3.63, 3.8) is 0 Å². The van der Waals surface area contributed by atoms with Gasteiger partial charge in [-0.3, -0.25) is 0 Å². The molecule has 0 aromatic carbocycles. The summed E-state index contributed by atoms with van der Waals surface area (Å²) in [6.45, 7) is 4.27. The van der Waals surface area contributed by atoms with Crippen LogP contribution in [0.3, 0.4) is 0 Å². The van der Waals surface area contributed by atoms with Crippen molar-refractivity contribution >= 4 is 27.7 Å². The molecule has 2 heteroatoms. The first-order valence-electron chi connectivity index (χ1n) is 5.64. The fraction of sp³-hybridized carbons (Fsp3) is 0.429. The zero-order chi connectivity index (χ0) is 11.8. The lowest BCUT2D eigenvalue weighted by atomic mass is 10.1. The second-order valence-electron chi connectivity index (χ2n) is 3.81. The number of allylic oxidation sites excluding steroid dienone is 6. The fourth-order valence-electron chi connectivity index (χ4n) is 1.46. The predicted molar refractivity (Wildman–Crippen MR) is 80.2 cm³/mol. The highest BCUT2D eigenvalue weighted by Gasteiger charge is 2.02. The topological polar surface area (TPSA) is 0 Å². The maximum Gasteiger partial charge on any atom is 0.0245 e. The molecule has 0 amide bonds. The smallest absolute Gasteiger partial charge is 0.0245 e. The average Bonchev–Trinajstić information content (AvgIpc) is 2.34. The molecule has 0 aromatic rings. The van der Waals surface area contributed by atoms with Crippen LogP contribution in [0.25, 0.3) is 0 Å². The molecule has 1 aliphatic rings. The van der Waals surface area contributed by atoms with Gasteiger partial charge in [0.05, 0.1) is 0 Å². The summed E-state index contributed by atoms with van der Waals surface area (Å²) in [4.78, 5) is 1.41. The monoisotopic (exact) mass is 298 g/mol. The van der Waals surface area contributed by atoms with Crippen molar-refractivity contribution in [2.24, 2.45) is 0 Å². The summed E-state index contributed by atoms with van der Waals surface area (Å²) in [5.74, 6) is 1.07. The Balaban J connectivity index is 2.57. The molecular formula is C14H19BrS. The van der Waals surface area contributed by atoms with Gasteiger partial charge in [0.15, 0.2) is 0 Å². The number of thioether (sulfide) groups is 1. The molecule has 0 unspecified atom stereocenters. The number of rotatable bonds is 5. The minimum Gasteiger partial charge on any atom is -0.122 e. The zero-order valence-electron chi connectivity index (χ0n) is 10.0. The number of hydrogen-bond acceptors (Lipinski definition) is 1. The van der Waals surface area contributed by atoms with Crippen LogP contribution in [0.2, 0.25) is 0 Å². The van der Waals surface area contributed by atoms with E-state index in [0.717, 1.165) is 11.1 Å². The summed E-state index contributed by atoms with van der Waals surface area (Å²) < 4.78 is 0. The van der Waals surface area contributed by atoms with Crippen LogP contribution in [0.1, 0.15) is 26.7 Å². The zero-order valence-corrected chi connectivity index (χ0v) is 12.4. The predicted octanol–water partition coefficient (Wildman–Crippen LogP) is 5.24. The Morgan fingerprint density at radius 3 is 2.88 bits per heavy atom. The van der Waals surface area contributed by atoms with Gasteiger partial charge in [-0.15, -0.1) is 11.8 Å². The first kappa shape index (κ1) is 13.9. The van der Waals surface area contributed by atoms with E-state index in [1.54, 1.807) is 0 Å². The first-order chi connectivity index (χ1) is 7.77. The highest BCUT2D eigenvalue weighted by Crippen LogP contribution is 2.25. The van der Waals surface area contributed by atoms with E-state index in [4.69, 9.17) is 0 Å². The molecule has 0 aliphatic heterocycles. The van der Waals surface area contributed by atoms with Gasteiger partial charge in [-0.05, 0) is 32.3 Å². The molecule has 88 valence electrons. The first-order valence-corrected chi connectivity index (χ1v) is 7.75. The Hall–Kier alpha value is -0.210. The molecule has 0 fully saturated rings. The van der Waals surface area contributed by atoms with Crippen molar-refractivity contribution in [3.8, 4) is 0 Å². The van der Waals surface area contributed by atoms with Crippen LogP contribution >= 0.6 is 27.7 Å². The molecule has 0 spiro atoms. The Kier molecular flexibility index (Phi) is 6.90.